The van der Waals surface area contributed by atoms with E-state index in [0.717, 1.165) is 12.8 Å². The molecule has 0 amide bonds. The van der Waals surface area contributed by atoms with Crippen LogP contribution < -0.4 is 0 Å². The molecule has 0 heterocycles. The average molecular weight is 187 g/mol. The van der Waals surface area contributed by atoms with Gasteiger partial charge in [0.15, 0.2) is 0 Å². The van der Waals surface area contributed by atoms with Crippen molar-refractivity contribution >= 4 is 0 Å². The molecule has 0 aliphatic heterocycles. The maximum absolute atomic E-state index is 9.35. The van der Waals surface area contributed by atoms with Crippen molar-refractivity contribution in [3.05, 3.63) is 35.4 Å². The molecule has 0 atom stereocenters. The van der Waals surface area contributed by atoms with E-state index in [1.807, 2.05) is 24.3 Å². The van der Waals surface area contributed by atoms with Crippen LogP contribution in [0.5, 0.6) is 0 Å². The van der Waals surface area contributed by atoms with Gasteiger partial charge in [-0.25, -0.2) is 0 Å². The summed E-state index contributed by atoms with van der Waals surface area (Å²) >= 11 is 0. The van der Waals surface area contributed by atoms with E-state index in [4.69, 9.17) is 5.26 Å². The molecule has 0 unspecified atom stereocenters. The number of benzene rings is 1. The van der Waals surface area contributed by atoms with E-state index in [1.165, 1.54) is 12.0 Å². The normalized spacial score (nSPS) is 18.3. The summed E-state index contributed by atoms with van der Waals surface area (Å²) in [4.78, 5) is 0. The van der Waals surface area contributed by atoms with Gasteiger partial charge in [-0.05, 0) is 30.5 Å². The number of aliphatic hydroxyl groups excluding tert-OH is 1. The van der Waals surface area contributed by atoms with Crippen LogP contribution in [0.3, 0.4) is 0 Å². The van der Waals surface area contributed by atoms with Crippen LogP contribution in [-0.2, 0) is 5.41 Å². The molecule has 0 saturated heterocycles. The fourth-order valence-electron chi connectivity index (χ4n) is 2.04. The third kappa shape index (κ3) is 1.30. The van der Waals surface area contributed by atoms with Gasteiger partial charge in [0.25, 0.3) is 0 Å². The Kier molecular flexibility index (Phi) is 2.26. The molecule has 2 rings (SSSR count). The molecular weight excluding hydrogens is 174 g/mol. The highest BCUT2D eigenvalue weighted by molar-refractivity contribution is 5.36. The largest absolute Gasteiger partial charge is 0.395 e. The Balaban J connectivity index is 2.29. The van der Waals surface area contributed by atoms with Gasteiger partial charge in [-0.2, -0.15) is 5.26 Å². The van der Waals surface area contributed by atoms with E-state index in [1.54, 1.807) is 0 Å². The summed E-state index contributed by atoms with van der Waals surface area (Å²) in [5, 5.41) is 18.0. The van der Waals surface area contributed by atoms with Crippen molar-refractivity contribution < 1.29 is 5.11 Å². The molecule has 1 saturated carbocycles. The molecule has 2 heteroatoms. The molecule has 0 bridgehead atoms. The Hall–Kier alpha value is -1.33. The SMILES string of the molecule is N#Cc1ccc(C2(CO)CCC2)cc1. The van der Waals surface area contributed by atoms with Crippen LogP contribution in [0.4, 0.5) is 0 Å². The third-order valence-corrected chi connectivity index (χ3v) is 3.24. The molecule has 0 radical (unpaired) electrons. The summed E-state index contributed by atoms with van der Waals surface area (Å²) in [6.07, 6.45) is 3.32. The zero-order valence-electron chi connectivity index (χ0n) is 8.03. The lowest BCUT2D eigenvalue weighted by molar-refractivity contribution is 0.120. The second-order valence-corrected chi connectivity index (χ2v) is 3.98. The van der Waals surface area contributed by atoms with E-state index in [-0.39, 0.29) is 12.0 Å². The highest BCUT2D eigenvalue weighted by Crippen LogP contribution is 2.43. The van der Waals surface area contributed by atoms with E-state index in [9.17, 15) is 5.11 Å². The second-order valence-electron chi connectivity index (χ2n) is 3.98. The van der Waals surface area contributed by atoms with E-state index in [0.29, 0.717) is 5.56 Å². The smallest absolute Gasteiger partial charge is 0.0991 e. The van der Waals surface area contributed by atoms with Crippen LogP contribution in [-0.4, -0.2) is 11.7 Å². The van der Waals surface area contributed by atoms with Crippen molar-refractivity contribution in [2.24, 2.45) is 0 Å². The zero-order valence-corrected chi connectivity index (χ0v) is 8.03. The van der Waals surface area contributed by atoms with Crippen LogP contribution in [0.15, 0.2) is 24.3 Å². The molecule has 2 nitrogen and oxygen atoms in total. The summed E-state index contributed by atoms with van der Waals surface area (Å²) < 4.78 is 0. The first kappa shape index (κ1) is 9.23. The lowest BCUT2D eigenvalue weighted by Gasteiger charge is -2.40. The van der Waals surface area contributed by atoms with Crippen LogP contribution in [0.25, 0.3) is 0 Å². The molecule has 1 fully saturated rings. The van der Waals surface area contributed by atoms with Gasteiger partial charge in [0, 0.05) is 5.41 Å². The number of nitriles is 1. The zero-order chi connectivity index (χ0) is 10.0. The van der Waals surface area contributed by atoms with Crippen LogP contribution in [0, 0.1) is 11.3 Å². The monoisotopic (exact) mass is 187 g/mol. The van der Waals surface area contributed by atoms with Crippen LogP contribution in [0.1, 0.15) is 30.4 Å². The molecule has 1 aliphatic carbocycles. The molecule has 1 aromatic rings. The topological polar surface area (TPSA) is 44.0 Å². The van der Waals surface area contributed by atoms with Gasteiger partial charge >= 0.3 is 0 Å². The van der Waals surface area contributed by atoms with Gasteiger partial charge in [-0.1, -0.05) is 18.6 Å². The first-order chi connectivity index (χ1) is 6.80. The minimum atomic E-state index is -0.00597. The average Bonchev–Trinajstić information content (AvgIpc) is 2.18. The third-order valence-electron chi connectivity index (χ3n) is 3.24. The van der Waals surface area contributed by atoms with Crippen molar-refractivity contribution in [3.8, 4) is 6.07 Å². The maximum atomic E-state index is 9.35. The molecule has 0 aromatic heterocycles. The minimum Gasteiger partial charge on any atom is -0.395 e. The number of hydrogen-bond donors (Lipinski definition) is 1. The van der Waals surface area contributed by atoms with Gasteiger partial charge in [0.05, 0.1) is 18.2 Å². The summed E-state index contributed by atoms with van der Waals surface area (Å²) in [6.45, 7) is 0.221. The predicted octanol–water partition coefficient (Wildman–Crippen LogP) is 1.97. The Labute approximate surface area is 83.8 Å². The standard InChI is InChI=1S/C12H13NO/c13-8-10-2-4-11(5-3-10)12(9-14)6-1-7-12/h2-5,14H,1,6-7,9H2. The van der Waals surface area contributed by atoms with Gasteiger partial charge in [0.2, 0.25) is 0 Å². The van der Waals surface area contributed by atoms with Crippen molar-refractivity contribution in [1.82, 2.24) is 0 Å². The molecular formula is C12H13NO. The molecule has 0 spiro atoms. The highest BCUT2D eigenvalue weighted by Gasteiger charge is 2.37. The molecule has 72 valence electrons. The number of aliphatic hydroxyl groups is 1. The molecule has 1 aromatic carbocycles. The van der Waals surface area contributed by atoms with Crippen molar-refractivity contribution in [3.63, 3.8) is 0 Å². The highest BCUT2D eigenvalue weighted by atomic mass is 16.3. The maximum Gasteiger partial charge on any atom is 0.0991 e. The first-order valence-corrected chi connectivity index (χ1v) is 4.92. The van der Waals surface area contributed by atoms with Gasteiger partial charge in [0.1, 0.15) is 0 Å². The molecule has 14 heavy (non-hydrogen) atoms. The van der Waals surface area contributed by atoms with Crippen LogP contribution >= 0.6 is 0 Å². The van der Waals surface area contributed by atoms with Gasteiger partial charge in [-0.15, -0.1) is 0 Å². The van der Waals surface area contributed by atoms with Gasteiger partial charge < -0.3 is 5.11 Å². The number of rotatable bonds is 2. The fraction of sp³-hybridized carbons (Fsp3) is 0.417. The first-order valence-electron chi connectivity index (χ1n) is 4.92. The predicted molar refractivity (Wildman–Crippen MR) is 53.8 cm³/mol. The number of hydrogen-bond acceptors (Lipinski definition) is 2. The van der Waals surface area contributed by atoms with E-state index < -0.39 is 0 Å². The Morgan fingerprint density at radius 3 is 2.29 bits per heavy atom. The quantitative estimate of drug-likeness (QED) is 0.769. The fourth-order valence-corrected chi connectivity index (χ4v) is 2.04. The Morgan fingerprint density at radius 1 is 1.29 bits per heavy atom. The second kappa shape index (κ2) is 3.43. The van der Waals surface area contributed by atoms with E-state index >= 15 is 0 Å². The summed E-state index contributed by atoms with van der Waals surface area (Å²) in [5.41, 5.74) is 1.85. The van der Waals surface area contributed by atoms with Gasteiger partial charge in [-0.3, -0.25) is 0 Å². The summed E-state index contributed by atoms with van der Waals surface area (Å²) in [7, 11) is 0. The lowest BCUT2D eigenvalue weighted by Crippen LogP contribution is -2.37. The molecule has 1 N–H and O–H groups in total. The Morgan fingerprint density at radius 2 is 1.93 bits per heavy atom. The van der Waals surface area contributed by atoms with Crippen molar-refractivity contribution in [1.29, 1.82) is 5.26 Å². The minimum absolute atomic E-state index is 0.00597. The van der Waals surface area contributed by atoms with Crippen molar-refractivity contribution in [2.75, 3.05) is 6.61 Å². The van der Waals surface area contributed by atoms with Crippen LogP contribution in [0.2, 0.25) is 0 Å². The summed E-state index contributed by atoms with van der Waals surface area (Å²) in [6, 6.07) is 9.68. The van der Waals surface area contributed by atoms with Crippen molar-refractivity contribution in [2.45, 2.75) is 24.7 Å². The lowest BCUT2D eigenvalue weighted by atomic mass is 9.65. The molecule has 1 aliphatic rings. The summed E-state index contributed by atoms with van der Waals surface area (Å²) in [5.74, 6) is 0. The number of nitrogens with zero attached hydrogens (tertiary/aromatic N) is 1. The Bertz CT molecular complexity index is 351. The van der Waals surface area contributed by atoms with E-state index in [2.05, 4.69) is 6.07 Å².